The summed E-state index contributed by atoms with van der Waals surface area (Å²) in [7, 11) is 0. The minimum Gasteiger partial charge on any atom is -0.352 e. The van der Waals surface area contributed by atoms with Gasteiger partial charge >= 0.3 is 0 Å². The summed E-state index contributed by atoms with van der Waals surface area (Å²) in [5.41, 5.74) is 5.82. The van der Waals surface area contributed by atoms with Crippen LogP contribution in [0, 0.1) is 11.3 Å². The smallest absolute Gasteiger partial charge is 0.237 e. The summed E-state index contributed by atoms with van der Waals surface area (Å²) in [4.78, 5) is 12.1. The van der Waals surface area contributed by atoms with Crippen molar-refractivity contribution in [3.05, 3.63) is 0 Å². The molecule has 1 aliphatic rings. The lowest BCUT2D eigenvalue weighted by Gasteiger charge is -2.30. The van der Waals surface area contributed by atoms with Gasteiger partial charge in [-0.25, -0.2) is 0 Å². The Labute approximate surface area is 112 Å². The Balaban J connectivity index is 2.47. The van der Waals surface area contributed by atoms with Gasteiger partial charge in [-0.15, -0.1) is 0 Å². The van der Waals surface area contributed by atoms with Crippen molar-refractivity contribution in [1.82, 2.24) is 5.32 Å². The third-order valence-electron chi connectivity index (χ3n) is 4.19. The van der Waals surface area contributed by atoms with Crippen LogP contribution >= 0.6 is 0 Å². The van der Waals surface area contributed by atoms with Crippen molar-refractivity contribution >= 4 is 5.91 Å². The predicted molar refractivity (Wildman–Crippen MR) is 76.2 cm³/mol. The summed E-state index contributed by atoms with van der Waals surface area (Å²) >= 11 is 0. The molecule has 0 saturated heterocycles. The average Bonchev–Trinajstić information content (AvgIpc) is 2.55. The maximum atomic E-state index is 12.1. The maximum Gasteiger partial charge on any atom is 0.237 e. The molecule has 1 aliphatic carbocycles. The summed E-state index contributed by atoms with van der Waals surface area (Å²) < 4.78 is 0. The van der Waals surface area contributed by atoms with E-state index in [-0.39, 0.29) is 17.4 Å². The van der Waals surface area contributed by atoms with E-state index >= 15 is 0 Å². The van der Waals surface area contributed by atoms with Gasteiger partial charge in [0.15, 0.2) is 0 Å². The van der Waals surface area contributed by atoms with E-state index in [1.165, 1.54) is 38.5 Å². The zero-order valence-corrected chi connectivity index (χ0v) is 12.5. The molecule has 0 aliphatic heterocycles. The summed E-state index contributed by atoms with van der Waals surface area (Å²) in [5.74, 6) is 0.628. The number of amides is 1. The Hall–Kier alpha value is -0.570. The average molecular weight is 254 g/mol. The summed E-state index contributed by atoms with van der Waals surface area (Å²) in [6, 6.07) is -0.172. The molecule has 0 aromatic heterocycles. The molecule has 18 heavy (non-hydrogen) atoms. The quantitative estimate of drug-likeness (QED) is 0.761. The first-order valence-electron chi connectivity index (χ1n) is 7.38. The van der Waals surface area contributed by atoms with Gasteiger partial charge in [0.2, 0.25) is 5.91 Å². The fraction of sp³-hybridized carbons (Fsp3) is 0.933. The minimum absolute atomic E-state index is 0.000697. The first-order valence-corrected chi connectivity index (χ1v) is 7.38. The van der Waals surface area contributed by atoms with Crippen LogP contribution in [0.1, 0.15) is 66.2 Å². The molecule has 3 N–H and O–H groups in total. The van der Waals surface area contributed by atoms with Crippen LogP contribution < -0.4 is 11.1 Å². The van der Waals surface area contributed by atoms with Crippen molar-refractivity contribution in [3.63, 3.8) is 0 Å². The molecule has 3 heteroatoms. The molecule has 0 radical (unpaired) electrons. The Bertz CT molecular complexity index is 262. The molecule has 1 fully saturated rings. The number of nitrogens with two attached hydrogens (primary N) is 1. The largest absolute Gasteiger partial charge is 0.352 e. The molecule has 2 atom stereocenters. The van der Waals surface area contributed by atoms with Crippen LogP contribution in [0.4, 0.5) is 0 Å². The van der Waals surface area contributed by atoms with E-state index in [4.69, 9.17) is 5.73 Å². The monoisotopic (exact) mass is 254 g/mol. The molecule has 1 amide bonds. The molecule has 0 aromatic carbocycles. The first-order chi connectivity index (χ1) is 8.32. The summed E-state index contributed by atoms with van der Waals surface area (Å²) in [6.45, 7) is 8.15. The van der Waals surface area contributed by atoms with Crippen LogP contribution in [0.2, 0.25) is 0 Å². The SMILES string of the molecule is C[C@H](NC(=O)[C@@H](N)C(C)(C)C)C1CCCCCC1. The van der Waals surface area contributed by atoms with E-state index < -0.39 is 6.04 Å². The van der Waals surface area contributed by atoms with E-state index in [1.54, 1.807) is 0 Å². The molecule has 106 valence electrons. The number of hydrogen-bond acceptors (Lipinski definition) is 2. The zero-order chi connectivity index (χ0) is 13.8. The number of nitrogens with one attached hydrogen (secondary N) is 1. The van der Waals surface area contributed by atoms with Gasteiger partial charge in [-0.2, -0.15) is 0 Å². The first kappa shape index (κ1) is 15.5. The lowest BCUT2D eigenvalue weighted by Crippen LogP contribution is -2.52. The normalized spacial score (nSPS) is 22.1. The Morgan fingerprint density at radius 2 is 1.67 bits per heavy atom. The number of carbonyl (C=O) groups excluding carboxylic acids is 1. The van der Waals surface area contributed by atoms with Crippen molar-refractivity contribution < 1.29 is 4.79 Å². The number of rotatable bonds is 3. The summed E-state index contributed by atoms with van der Waals surface area (Å²) in [5, 5.41) is 3.12. The Morgan fingerprint density at radius 3 is 2.11 bits per heavy atom. The molecule has 0 aromatic rings. The molecule has 3 nitrogen and oxygen atoms in total. The topological polar surface area (TPSA) is 55.1 Å². The van der Waals surface area contributed by atoms with Crippen LogP contribution in [0.5, 0.6) is 0 Å². The molecule has 0 unspecified atom stereocenters. The zero-order valence-electron chi connectivity index (χ0n) is 12.5. The molecular weight excluding hydrogens is 224 g/mol. The van der Waals surface area contributed by atoms with E-state index in [0.29, 0.717) is 5.92 Å². The highest BCUT2D eigenvalue weighted by Gasteiger charge is 2.29. The number of hydrogen-bond donors (Lipinski definition) is 2. The third kappa shape index (κ3) is 4.60. The molecule has 1 saturated carbocycles. The van der Waals surface area contributed by atoms with Crippen molar-refractivity contribution in [2.24, 2.45) is 17.1 Å². The highest BCUT2D eigenvalue weighted by atomic mass is 16.2. The van der Waals surface area contributed by atoms with Gasteiger partial charge in [0.1, 0.15) is 0 Å². The van der Waals surface area contributed by atoms with Crippen molar-refractivity contribution in [2.45, 2.75) is 78.3 Å². The minimum atomic E-state index is -0.425. The second-order valence-corrected chi connectivity index (χ2v) is 6.89. The van der Waals surface area contributed by atoms with Gasteiger partial charge in [-0.3, -0.25) is 4.79 Å². The predicted octanol–water partition coefficient (Wildman–Crippen LogP) is 2.83. The van der Waals surface area contributed by atoms with Crippen molar-refractivity contribution in [3.8, 4) is 0 Å². The van der Waals surface area contributed by atoms with Crippen molar-refractivity contribution in [1.29, 1.82) is 0 Å². The molecule has 0 bridgehead atoms. The van der Waals surface area contributed by atoms with Gasteiger partial charge < -0.3 is 11.1 Å². The molecule has 0 spiro atoms. The van der Waals surface area contributed by atoms with Crippen LogP contribution in [-0.2, 0) is 4.79 Å². The van der Waals surface area contributed by atoms with E-state index in [2.05, 4.69) is 12.2 Å². The fourth-order valence-corrected chi connectivity index (χ4v) is 2.64. The summed E-state index contributed by atoms with van der Waals surface area (Å²) in [6.07, 6.45) is 7.78. The third-order valence-corrected chi connectivity index (χ3v) is 4.19. The van der Waals surface area contributed by atoms with Gasteiger partial charge in [-0.1, -0.05) is 46.5 Å². The Kier molecular flexibility index (Phi) is 5.64. The van der Waals surface area contributed by atoms with Crippen LogP contribution in [0.25, 0.3) is 0 Å². The Morgan fingerprint density at radius 1 is 1.17 bits per heavy atom. The van der Waals surface area contributed by atoms with Crippen LogP contribution in [-0.4, -0.2) is 18.0 Å². The van der Waals surface area contributed by atoms with Gasteiger partial charge in [0.25, 0.3) is 0 Å². The second kappa shape index (κ2) is 6.55. The highest BCUT2D eigenvalue weighted by Crippen LogP contribution is 2.26. The lowest BCUT2D eigenvalue weighted by atomic mass is 9.86. The maximum absolute atomic E-state index is 12.1. The number of carbonyl (C=O) groups is 1. The highest BCUT2D eigenvalue weighted by molar-refractivity contribution is 5.82. The standard InChI is InChI=1S/C15H30N2O/c1-11(12-9-7-5-6-8-10-12)17-14(18)13(16)15(2,3)4/h11-13H,5-10,16H2,1-4H3,(H,17,18)/t11-,13+/m0/s1. The molecule has 1 rings (SSSR count). The fourth-order valence-electron chi connectivity index (χ4n) is 2.64. The molecular formula is C15H30N2O. The van der Waals surface area contributed by atoms with Gasteiger partial charge in [0, 0.05) is 6.04 Å². The van der Waals surface area contributed by atoms with Crippen LogP contribution in [0.3, 0.4) is 0 Å². The van der Waals surface area contributed by atoms with Crippen molar-refractivity contribution in [2.75, 3.05) is 0 Å². The van der Waals surface area contributed by atoms with Gasteiger partial charge in [-0.05, 0) is 31.1 Å². The second-order valence-electron chi connectivity index (χ2n) is 6.89. The van der Waals surface area contributed by atoms with Gasteiger partial charge in [0.05, 0.1) is 6.04 Å². The lowest BCUT2D eigenvalue weighted by molar-refractivity contribution is -0.125. The van der Waals surface area contributed by atoms with E-state index in [1.807, 2.05) is 20.8 Å². The van der Waals surface area contributed by atoms with Crippen LogP contribution in [0.15, 0.2) is 0 Å². The molecule has 0 heterocycles. The van der Waals surface area contributed by atoms with E-state index in [0.717, 1.165) is 0 Å². The van der Waals surface area contributed by atoms with E-state index in [9.17, 15) is 4.79 Å².